The molecule has 0 bridgehead atoms. The first-order valence-electron chi connectivity index (χ1n) is 6.61. The van der Waals surface area contributed by atoms with Gasteiger partial charge in [-0.25, -0.2) is 9.59 Å². The van der Waals surface area contributed by atoms with E-state index >= 15 is 0 Å². The SMILES string of the molecule is C=CCC(NC(=O)N1CCCCC1CCO)C(=O)O. The molecule has 1 aliphatic heterocycles. The van der Waals surface area contributed by atoms with Crippen LogP contribution in [0.25, 0.3) is 0 Å². The quantitative estimate of drug-likeness (QED) is 0.627. The standard InChI is InChI=1S/C13H22N2O4/c1-2-5-11(12(17)18)14-13(19)15-8-4-3-6-10(15)7-9-16/h2,10-11,16H,1,3-9H2,(H,14,19)(H,17,18). The highest BCUT2D eigenvalue weighted by molar-refractivity contribution is 5.82. The normalized spacial score (nSPS) is 20.7. The number of rotatable bonds is 6. The van der Waals surface area contributed by atoms with Gasteiger partial charge in [-0.1, -0.05) is 6.08 Å². The van der Waals surface area contributed by atoms with E-state index in [1.54, 1.807) is 4.90 Å². The fourth-order valence-electron chi connectivity index (χ4n) is 2.34. The highest BCUT2D eigenvalue weighted by atomic mass is 16.4. The Labute approximate surface area is 113 Å². The van der Waals surface area contributed by atoms with Crippen LogP contribution in [0.1, 0.15) is 32.1 Å². The molecule has 0 aromatic carbocycles. The summed E-state index contributed by atoms with van der Waals surface area (Å²) in [7, 11) is 0. The molecular weight excluding hydrogens is 248 g/mol. The van der Waals surface area contributed by atoms with Crippen LogP contribution in [0.4, 0.5) is 4.79 Å². The van der Waals surface area contributed by atoms with Gasteiger partial charge in [0, 0.05) is 19.2 Å². The van der Waals surface area contributed by atoms with Crippen molar-refractivity contribution in [2.45, 2.75) is 44.2 Å². The number of carboxylic acids is 1. The Morgan fingerprint density at radius 2 is 2.21 bits per heavy atom. The van der Waals surface area contributed by atoms with E-state index in [1.807, 2.05) is 0 Å². The van der Waals surface area contributed by atoms with E-state index in [-0.39, 0.29) is 25.1 Å². The number of nitrogens with zero attached hydrogens (tertiary/aromatic N) is 1. The number of carbonyl (C=O) groups is 2. The number of piperidine rings is 1. The molecule has 1 fully saturated rings. The van der Waals surface area contributed by atoms with Crippen LogP contribution in [-0.2, 0) is 4.79 Å². The van der Waals surface area contributed by atoms with Gasteiger partial charge >= 0.3 is 12.0 Å². The van der Waals surface area contributed by atoms with Crippen LogP contribution in [0.2, 0.25) is 0 Å². The zero-order valence-electron chi connectivity index (χ0n) is 11.0. The van der Waals surface area contributed by atoms with Crippen LogP contribution in [0, 0.1) is 0 Å². The lowest BCUT2D eigenvalue weighted by Crippen LogP contribution is -2.53. The maximum absolute atomic E-state index is 12.1. The summed E-state index contributed by atoms with van der Waals surface area (Å²) in [6.45, 7) is 4.13. The maximum atomic E-state index is 12.1. The minimum atomic E-state index is -1.07. The number of aliphatic carboxylic acids is 1. The number of nitrogens with one attached hydrogen (secondary N) is 1. The molecule has 6 heteroatoms. The van der Waals surface area contributed by atoms with Crippen molar-refractivity contribution < 1.29 is 19.8 Å². The molecule has 0 saturated carbocycles. The van der Waals surface area contributed by atoms with E-state index < -0.39 is 12.0 Å². The molecule has 2 amide bonds. The van der Waals surface area contributed by atoms with Gasteiger partial charge in [-0.15, -0.1) is 6.58 Å². The molecule has 1 aliphatic rings. The molecule has 1 rings (SSSR count). The van der Waals surface area contributed by atoms with Gasteiger partial charge in [0.1, 0.15) is 6.04 Å². The fourth-order valence-corrected chi connectivity index (χ4v) is 2.34. The molecule has 0 radical (unpaired) electrons. The van der Waals surface area contributed by atoms with Crippen LogP contribution in [-0.4, -0.2) is 52.3 Å². The summed E-state index contributed by atoms with van der Waals surface area (Å²) < 4.78 is 0. The van der Waals surface area contributed by atoms with E-state index in [9.17, 15) is 9.59 Å². The van der Waals surface area contributed by atoms with Gasteiger partial charge in [-0.05, 0) is 32.1 Å². The van der Waals surface area contributed by atoms with E-state index in [0.717, 1.165) is 19.3 Å². The molecule has 0 aliphatic carbocycles. The molecule has 0 spiro atoms. The predicted molar refractivity (Wildman–Crippen MR) is 70.8 cm³/mol. The largest absolute Gasteiger partial charge is 0.480 e. The molecule has 1 heterocycles. The highest BCUT2D eigenvalue weighted by Gasteiger charge is 2.28. The Morgan fingerprint density at radius 3 is 2.79 bits per heavy atom. The Kier molecular flexibility index (Phi) is 6.35. The summed E-state index contributed by atoms with van der Waals surface area (Å²) >= 11 is 0. The molecule has 2 atom stereocenters. The maximum Gasteiger partial charge on any atom is 0.326 e. The number of carbonyl (C=O) groups excluding carboxylic acids is 1. The second-order valence-electron chi connectivity index (χ2n) is 4.72. The van der Waals surface area contributed by atoms with Crippen molar-refractivity contribution in [1.82, 2.24) is 10.2 Å². The lowest BCUT2D eigenvalue weighted by Gasteiger charge is -2.36. The first-order valence-corrected chi connectivity index (χ1v) is 6.61. The molecule has 2 unspecified atom stereocenters. The second-order valence-corrected chi connectivity index (χ2v) is 4.72. The van der Waals surface area contributed by atoms with Crippen molar-refractivity contribution >= 4 is 12.0 Å². The average Bonchev–Trinajstić information content (AvgIpc) is 2.39. The van der Waals surface area contributed by atoms with E-state index in [0.29, 0.717) is 13.0 Å². The molecule has 108 valence electrons. The number of urea groups is 1. The van der Waals surface area contributed by atoms with E-state index in [1.165, 1.54) is 6.08 Å². The van der Waals surface area contributed by atoms with Crippen molar-refractivity contribution in [2.75, 3.05) is 13.2 Å². The Bertz CT molecular complexity index is 331. The third-order valence-electron chi connectivity index (χ3n) is 3.35. The summed E-state index contributed by atoms with van der Waals surface area (Å²) in [5, 5.41) is 20.5. The third kappa shape index (κ3) is 4.55. The second kappa shape index (κ2) is 7.78. The van der Waals surface area contributed by atoms with Crippen molar-refractivity contribution in [3.8, 4) is 0 Å². The van der Waals surface area contributed by atoms with E-state index in [4.69, 9.17) is 10.2 Å². The van der Waals surface area contributed by atoms with Crippen LogP contribution >= 0.6 is 0 Å². The van der Waals surface area contributed by atoms with Crippen LogP contribution in [0.5, 0.6) is 0 Å². The summed E-state index contributed by atoms with van der Waals surface area (Å²) in [5.41, 5.74) is 0. The van der Waals surface area contributed by atoms with Gasteiger partial charge in [0.05, 0.1) is 0 Å². The molecule has 0 aromatic heterocycles. The third-order valence-corrected chi connectivity index (χ3v) is 3.35. The van der Waals surface area contributed by atoms with Crippen LogP contribution in [0.15, 0.2) is 12.7 Å². The number of hydrogen-bond donors (Lipinski definition) is 3. The fraction of sp³-hybridized carbons (Fsp3) is 0.692. The number of carboxylic acid groups (broad SMARTS) is 1. The van der Waals surface area contributed by atoms with Gasteiger partial charge in [0.2, 0.25) is 0 Å². The van der Waals surface area contributed by atoms with Crippen molar-refractivity contribution in [3.63, 3.8) is 0 Å². The Hall–Kier alpha value is -1.56. The van der Waals surface area contributed by atoms with Gasteiger partial charge < -0.3 is 20.4 Å². The smallest absolute Gasteiger partial charge is 0.326 e. The topological polar surface area (TPSA) is 89.9 Å². The predicted octanol–water partition coefficient (Wildman–Crippen LogP) is 0.962. The number of amides is 2. The minimum absolute atomic E-state index is 0.00285. The number of likely N-dealkylation sites (tertiary alicyclic amines) is 1. The summed E-state index contributed by atoms with van der Waals surface area (Å²) in [6, 6.07) is -1.31. The van der Waals surface area contributed by atoms with Crippen molar-refractivity contribution in [3.05, 3.63) is 12.7 Å². The Morgan fingerprint density at radius 1 is 1.47 bits per heavy atom. The summed E-state index contributed by atoms with van der Waals surface area (Å²) in [5.74, 6) is -1.07. The molecule has 1 saturated heterocycles. The molecule has 19 heavy (non-hydrogen) atoms. The van der Waals surface area contributed by atoms with Crippen molar-refractivity contribution in [1.29, 1.82) is 0 Å². The van der Waals surface area contributed by atoms with Gasteiger partial charge in [-0.3, -0.25) is 0 Å². The zero-order valence-corrected chi connectivity index (χ0v) is 11.0. The first kappa shape index (κ1) is 15.5. The number of hydrogen-bond acceptors (Lipinski definition) is 3. The van der Waals surface area contributed by atoms with Gasteiger partial charge in [0.25, 0.3) is 0 Å². The average molecular weight is 270 g/mol. The molecule has 3 N–H and O–H groups in total. The lowest BCUT2D eigenvalue weighted by atomic mass is 10.00. The molecule has 0 aromatic rings. The lowest BCUT2D eigenvalue weighted by molar-refractivity contribution is -0.139. The Balaban J connectivity index is 2.62. The minimum Gasteiger partial charge on any atom is -0.480 e. The number of aliphatic hydroxyl groups is 1. The first-order chi connectivity index (χ1) is 9.10. The number of aliphatic hydroxyl groups excluding tert-OH is 1. The zero-order chi connectivity index (χ0) is 14.3. The van der Waals surface area contributed by atoms with Gasteiger partial charge in [-0.2, -0.15) is 0 Å². The highest BCUT2D eigenvalue weighted by Crippen LogP contribution is 2.19. The summed E-state index contributed by atoms with van der Waals surface area (Å²) in [6.07, 6.45) is 5.00. The monoisotopic (exact) mass is 270 g/mol. The molecular formula is C13H22N2O4. The van der Waals surface area contributed by atoms with Crippen LogP contribution in [0.3, 0.4) is 0 Å². The van der Waals surface area contributed by atoms with Gasteiger partial charge in [0.15, 0.2) is 0 Å². The van der Waals surface area contributed by atoms with E-state index in [2.05, 4.69) is 11.9 Å². The summed E-state index contributed by atoms with van der Waals surface area (Å²) in [4.78, 5) is 24.7. The van der Waals surface area contributed by atoms with Crippen LogP contribution < -0.4 is 5.32 Å². The van der Waals surface area contributed by atoms with Crippen molar-refractivity contribution in [2.24, 2.45) is 0 Å². The molecule has 6 nitrogen and oxygen atoms in total.